The van der Waals surface area contributed by atoms with Crippen LogP contribution in [-0.4, -0.2) is 18.5 Å². The monoisotopic (exact) mass is 282 g/mol. The lowest BCUT2D eigenvalue weighted by atomic mass is 9.87. The lowest BCUT2D eigenvalue weighted by Crippen LogP contribution is -2.48. The van der Waals surface area contributed by atoms with E-state index in [4.69, 9.17) is 17.3 Å². The van der Waals surface area contributed by atoms with Crippen molar-refractivity contribution in [2.45, 2.75) is 39.7 Å². The molecule has 1 atom stereocenters. The second-order valence-electron chi connectivity index (χ2n) is 5.86. The molecule has 0 aliphatic heterocycles. The first-order chi connectivity index (χ1) is 8.80. The van der Waals surface area contributed by atoms with Gasteiger partial charge in [0, 0.05) is 11.6 Å². The van der Waals surface area contributed by atoms with Crippen molar-refractivity contribution in [3.05, 3.63) is 34.9 Å². The van der Waals surface area contributed by atoms with E-state index in [-0.39, 0.29) is 11.3 Å². The summed E-state index contributed by atoms with van der Waals surface area (Å²) in [5.41, 5.74) is 6.89. The number of carbonyl (C=O) groups is 1. The lowest BCUT2D eigenvalue weighted by Gasteiger charge is -2.25. The van der Waals surface area contributed by atoms with Gasteiger partial charge in [0.25, 0.3) is 0 Å². The Morgan fingerprint density at radius 3 is 2.42 bits per heavy atom. The van der Waals surface area contributed by atoms with Gasteiger partial charge < -0.3 is 11.1 Å². The van der Waals surface area contributed by atoms with Crippen LogP contribution in [0.5, 0.6) is 0 Å². The van der Waals surface area contributed by atoms with Gasteiger partial charge in [0.15, 0.2) is 0 Å². The molecule has 0 unspecified atom stereocenters. The third-order valence-electron chi connectivity index (χ3n) is 3.07. The highest BCUT2D eigenvalue weighted by atomic mass is 35.5. The topological polar surface area (TPSA) is 55.1 Å². The number of benzene rings is 1. The maximum absolute atomic E-state index is 11.8. The maximum Gasteiger partial charge on any atom is 0.237 e. The predicted molar refractivity (Wildman–Crippen MR) is 80.2 cm³/mol. The second-order valence-corrected chi connectivity index (χ2v) is 6.30. The Morgan fingerprint density at radius 1 is 1.32 bits per heavy atom. The van der Waals surface area contributed by atoms with Gasteiger partial charge in [0.2, 0.25) is 5.91 Å². The van der Waals surface area contributed by atoms with E-state index in [0.717, 1.165) is 17.9 Å². The van der Waals surface area contributed by atoms with Gasteiger partial charge in [-0.3, -0.25) is 4.79 Å². The summed E-state index contributed by atoms with van der Waals surface area (Å²) in [5, 5.41) is 3.62. The average Bonchev–Trinajstić information content (AvgIpc) is 2.34. The third kappa shape index (κ3) is 5.62. The minimum absolute atomic E-state index is 0.0800. The number of hydrogen-bond donors (Lipinski definition) is 2. The number of nitrogens with two attached hydrogens (primary N) is 1. The Hall–Kier alpha value is -1.06. The summed E-state index contributed by atoms with van der Waals surface area (Å²) >= 11 is 5.82. The van der Waals surface area contributed by atoms with Crippen LogP contribution >= 0.6 is 11.6 Å². The SMILES string of the molecule is CC(C)(C)[C@H](N)C(=O)NCCCc1ccc(Cl)cc1. The van der Waals surface area contributed by atoms with Crippen LogP contribution in [0.15, 0.2) is 24.3 Å². The van der Waals surface area contributed by atoms with Crippen molar-refractivity contribution >= 4 is 17.5 Å². The van der Waals surface area contributed by atoms with Crippen LogP contribution in [0.25, 0.3) is 0 Å². The standard InChI is InChI=1S/C15H23ClN2O/c1-15(2,3)13(17)14(19)18-10-4-5-11-6-8-12(16)9-7-11/h6-9,13H,4-5,10,17H2,1-3H3,(H,18,19)/t13-/m1/s1. The molecule has 0 bridgehead atoms. The first-order valence-corrected chi connectivity index (χ1v) is 6.96. The number of halogens is 1. The molecule has 0 fully saturated rings. The highest BCUT2D eigenvalue weighted by Crippen LogP contribution is 2.17. The van der Waals surface area contributed by atoms with E-state index in [1.807, 2.05) is 45.0 Å². The van der Waals surface area contributed by atoms with Crippen LogP contribution in [0.3, 0.4) is 0 Å². The summed E-state index contributed by atoms with van der Waals surface area (Å²) in [7, 11) is 0. The molecule has 0 saturated heterocycles. The smallest absolute Gasteiger partial charge is 0.237 e. The summed E-state index contributed by atoms with van der Waals surface area (Å²) in [6.45, 7) is 6.53. The number of nitrogens with one attached hydrogen (secondary N) is 1. The number of amides is 1. The fourth-order valence-electron chi connectivity index (χ4n) is 1.66. The van der Waals surface area contributed by atoms with Crippen molar-refractivity contribution < 1.29 is 4.79 Å². The maximum atomic E-state index is 11.8. The zero-order valence-electron chi connectivity index (χ0n) is 11.9. The largest absolute Gasteiger partial charge is 0.355 e. The highest BCUT2D eigenvalue weighted by molar-refractivity contribution is 6.30. The van der Waals surface area contributed by atoms with Crippen LogP contribution in [0.1, 0.15) is 32.8 Å². The van der Waals surface area contributed by atoms with Crippen LogP contribution in [-0.2, 0) is 11.2 Å². The summed E-state index contributed by atoms with van der Waals surface area (Å²) < 4.78 is 0. The van der Waals surface area contributed by atoms with Crippen LogP contribution in [0.4, 0.5) is 0 Å². The second kappa shape index (κ2) is 6.92. The van der Waals surface area contributed by atoms with Gasteiger partial charge in [-0.05, 0) is 36.0 Å². The van der Waals surface area contributed by atoms with E-state index >= 15 is 0 Å². The van der Waals surface area contributed by atoms with Crippen molar-refractivity contribution in [2.24, 2.45) is 11.1 Å². The van der Waals surface area contributed by atoms with E-state index in [1.165, 1.54) is 5.56 Å². The van der Waals surface area contributed by atoms with Gasteiger partial charge in [0.1, 0.15) is 0 Å². The molecule has 0 aliphatic carbocycles. The van der Waals surface area contributed by atoms with Gasteiger partial charge in [-0.2, -0.15) is 0 Å². The molecule has 1 amide bonds. The Labute approximate surface area is 120 Å². The van der Waals surface area contributed by atoms with Gasteiger partial charge in [-0.25, -0.2) is 0 Å². The molecule has 0 spiro atoms. The molecule has 0 radical (unpaired) electrons. The quantitative estimate of drug-likeness (QED) is 0.816. The summed E-state index contributed by atoms with van der Waals surface area (Å²) in [4.78, 5) is 11.8. The minimum atomic E-state index is -0.469. The molecular weight excluding hydrogens is 260 g/mol. The van der Waals surface area contributed by atoms with E-state index in [9.17, 15) is 4.79 Å². The highest BCUT2D eigenvalue weighted by Gasteiger charge is 2.26. The van der Waals surface area contributed by atoms with Gasteiger partial charge >= 0.3 is 0 Å². The Bertz CT molecular complexity index is 409. The fraction of sp³-hybridized carbons (Fsp3) is 0.533. The molecule has 3 nitrogen and oxygen atoms in total. The molecule has 19 heavy (non-hydrogen) atoms. The normalized spacial score (nSPS) is 13.1. The van der Waals surface area contributed by atoms with E-state index in [2.05, 4.69) is 5.32 Å². The van der Waals surface area contributed by atoms with Crippen LogP contribution in [0.2, 0.25) is 5.02 Å². The predicted octanol–water partition coefficient (Wildman–Crippen LogP) is 2.76. The molecular formula is C15H23ClN2O. The van der Waals surface area contributed by atoms with Crippen molar-refractivity contribution in [3.8, 4) is 0 Å². The number of hydrogen-bond acceptors (Lipinski definition) is 2. The molecule has 0 aliphatic rings. The first kappa shape index (κ1) is 16.0. The zero-order valence-corrected chi connectivity index (χ0v) is 12.6. The molecule has 0 aromatic heterocycles. The molecule has 3 N–H and O–H groups in total. The van der Waals surface area contributed by atoms with E-state index in [0.29, 0.717) is 6.54 Å². The molecule has 0 heterocycles. The fourth-order valence-corrected chi connectivity index (χ4v) is 1.78. The average molecular weight is 283 g/mol. The molecule has 1 rings (SSSR count). The third-order valence-corrected chi connectivity index (χ3v) is 3.32. The molecule has 106 valence electrons. The Kier molecular flexibility index (Phi) is 5.83. The van der Waals surface area contributed by atoms with Crippen molar-refractivity contribution in [3.63, 3.8) is 0 Å². The van der Waals surface area contributed by atoms with E-state index < -0.39 is 6.04 Å². The minimum Gasteiger partial charge on any atom is -0.355 e. The summed E-state index contributed by atoms with van der Waals surface area (Å²) in [5.74, 6) is -0.0800. The van der Waals surface area contributed by atoms with Gasteiger partial charge in [0.05, 0.1) is 6.04 Å². The summed E-state index contributed by atoms with van der Waals surface area (Å²) in [6.07, 6.45) is 1.81. The van der Waals surface area contributed by atoms with E-state index in [1.54, 1.807) is 0 Å². The van der Waals surface area contributed by atoms with Crippen molar-refractivity contribution in [1.29, 1.82) is 0 Å². The zero-order chi connectivity index (χ0) is 14.5. The van der Waals surface area contributed by atoms with Crippen LogP contribution < -0.4 is 11.1 Å². The Morgan fingerprint density at radius 2 is 1.89 bits per heavy atom. The van der Waals surface area contributed by atoms with Gasteiger partial charge in [-0.15, -0.1) is 0 Å². The first-order valence-electron chi connectivity index (χ1n) is 6.58. The van der Waals surface area contributed by atoms with Crippen molar-refractivity contribution in [1.82, 2.24) is 5.32 Å². The molecule has 1 aromatic carbocycles. The number of aryl methyl sites for hydroxylation is 1. The Balaban J connectivity index is 2.28. The lowest BCUT2D eigenvalue weighted by molar-refractivity contribution is -0.124. The molecule has 4 heteroatoms. The molecule has 0 saturated carbocycles. The summed E-state index contributed by atoms with van der Waals surface area (Å²) in [6, 6.07) is 7.30. The van der Waals surface area contributed by atoms with Crippen LogP contribution in [0, 0.1) is 5.41 Å². The number of carbonyl (C=O) groups excluding carboxylic acids is 1. The van der Waals surface area contributed by atoms with Gasteiger partial charge in [-0.1, -0.05) is 44.5 Å². The number of rotatable bonds is 5. The van der Waals surface area contributed by atoms with Crippen molar-refractivity contribution in [2.75, 3.05) is 6.54 Å². The molecule has 1 aromatic rings.